The highest BCUT2D eigenvalue weighted by Crippen LogP contribution is 2.62. The molecule has 13 nitrogen and oxygen atoms in total. The van der Waals surface area contributed by atoms with E-state index in [1.807, 2.05) is 60.7 Å². The number of benzene rings is 3. The van der Waals surface area contributed by atoms with Crippen LogP contribution in [0.2, 0.25) is 0 Å². The predicted molar refractivity (Wildman–Crippen MR) is 279 cm³/mol. The van der Waals surface area contributed by atoms with Crippen molar-refractivity contribution in [1.29, 1.82) is 0 Å². The molecule has 1 saturated carbocycles. The molecule has 3 heterocycles. The molecule has 6 unspecified atom stereocenters. The van der Waals surface area contributed by atoms with E-state index in [4.69, 9.17) is 38.4 Å². The number of allylic oxidation sites excluding steroid dienone is 1. The van der Waals surface area contributed by atoms with Crippen LogP contribution in [0.25, 0.3) is 0 Å². The van der Waals surface area contributed by atoms with Gasteiger partial charge in [-0.3, -0.25) is 9.80 Å². The number of amides is 1. The van der Waals surface area contributed by atoms with Crippen LogP contribution in [0.4, 0.5) is 4.79 Å². The SMILES string of the molecule is C=CCOC12Oc3ccc(OCCN4CC4)cc3C3C(CCCCO)C(CCCCO)C=C(C(=NOCc4ccccc4)CC1N(Cc1ccc4c(c1)OCO4)C(=O)OCCCCCCCCCCCC)C32. The maximum absolute atomic E-state index is 15.2. The van der Waals surface area contributed by atoms with Crippen LogP contribution in [0.3, 0.4) is 0 Å². The molecule has 0 aromatic heterocycles. The van der Waals surface area contributed by atoms with Gasteiger partial charge in [-0.15, -0.1) is 6.58 Å². The third-order valence-corrected chi connectivity index (χ3v) is 15.2. The lowest BCUT2D eigenvalue weighted by Crippen LogP contribution is -2.70. The minimum Gasteiger partial charge on any atom is -0.492 e. The molecule has 3 aromatic carbocycles. The molecule has 72 heavy (non-hydrogen) atoms. The summed E-state index contributed by atoms with van der Waals surface area (Å²) >= 11 is 0. The molecule has 0 spiro atoms. The van der Waals surface area contributed by atoms with Crippen molar-refractivity contribution in [1.82, 2.24) is 9.80 Å². The number of hydrogen-bond donors (Lipinski definition) is 2. The summed E-state index contributed by atoms with van der Waals surface area (Å²) in [5, 5.41) is 25.2. The molecule has 0 radical (unpaired) electrons. The van der Waals surface area contributed by atoms with Gasteiger partial charge in [0.1, 0.15) is 30.8 Å². The van der Waals surface area contributed by atoms with Crippen LogP contribution in [-0.2, 0) is 27.5 Å². The fraction of sp³-hybridized carbons (Fsp3) is 0.593. The van der Waals surface area contributed by atoms with Crippen molar-refractivity contribution >= 4 is 11.8 Å². The molecule has 2 aliphatic carbocycles. The fourth-order valence-electron chi connectivity index (χ4n) is 11.5. The summed E-state index contributed by atoms with van der Waals surface area (Å²) in [7, 11) is 0. The maximum atomic E-state index is 15.2. The Morgan fingerprint density at radius 1 is 0.833 bits per heavy atom. The molecular formula is C59H81N3O10. The maximum Gasteiger partial charge on any atom is 0.410 e. The minimum absolute atomic E-state index is 0.0713. The van der Waals surface area contributed by atoms with Gasteiger partial charge < -0.3 is 43.5 Å². The number of unbranched alkanes of at least 4 members (excludes halogenated alkanes) is 11. The van der Waals surface area contributed by atoms with E-state index in [1.54, 1.807) is 11.0 Å². The summed E-state index contributed by atoms with van der Waals surface area (Å²) in [6.45, 7) is 11.2. The first kappa shape index (κ1) is 53.2. The summed E-state index contributed by atoms with van der Waals surface area (Å²) in [6, 6.07) is 21.2. The summed E-state index contributed by atoms with van der Waals surface area (Å²) in [6.07, 6.45) is 20.3. The van der Waals surface area contributed by atoms with E-state index >= 15 is 4.79 Å². The second kappa shape index (κ2) is 27.3. The monoisotopic (exact) mass is 992 g/mol. The highest BCUT2D eigenvalue weighted by Gasteiger charge is 2.66. The van der Waals surface area contributed by atoms with E-state index in [0.29, 0.717) is 36.7 Å². The van der Waals surface area contributed by atoms with E-state index in [-0.39, 0.29) is 70.5 Å². The number of carbonyl (C=O) groups excluding carboxylic acids is 1. The van der Waals surface area contributed by atoms with E-state index in [9.17, 15) is 10.2 Å². The lowest BCUT2D eigenvalue weighted by Gasteiger charge is -2.59. The number of carbonyl (C=O) groups is 1. The van der Waals surface area contributed by atoms with Crippen molar-refractivity contribution in [3.63, 3.8) is 0 Å². The Morgan fingerprint density at radius 3 is 2.32 bits per heavy atom. The van der Waals surface area contributed by atoms with Crippen LogP contribution in [0.5, 0.6) is 23.0 Å². The van der Waals surface area contributed by atoms with Gasteiger partial charge in [0.25, 0.3) is 0 Å². The quantitative estimate of drug-likeness (QED) is 0.0267. The Hall–Kier alpha value is -5.08. The zero-order valence-corrected chi connectivity index (χ0v) is 42.9. The summed E-state index contributed by atoms with van der Waals surface area (Å²) in [5.74, 6) is 0.771. The molecule has 2 fully saturated rings. The van der Waals surface area contributed by atoms with Crippen molar-refractivity contribution < 1.29 is 48.3 Å². The van der Waals surface area contributed by atoms with Crippen LogP contribution in [0, 0.1) is 17.8 Å². The van der Waals surface area contributed by atoms with Gasteiger partial charge in [0.2, 0.25) is 12.6 Å². The Labute approximate surface area is 428 Å². The van der Waals surface area contributed by atoms with Gasteiger partial charge in [-0.1, -0.05) is 131 Å². The second-order valence-corrected chi connectivity index (χ2v) is 20.3. The van der Waals surface area contributed by atoms with Crippen molar-refractivity contribution in [3.05, 3.63) is 108 Å². The summed E-state index contributed by atoms with van der Waals surface area (Å²) in [5.41, 5.74) is 4.53. The van der Waals surface area contributed by atoms with Crippen LogP contribution < -0.4 is 18.9 Å². The van der Waals surface area contributed by atoms with Crippen LogP contribution in [-0.4, -0.2) is 103 Å². The van der Waals surface area contributed by atoms with E-state index in [0.717, 1.165) is 98.3 Å². The predicted octanol–water partition coefficient (Wildman–Crippen LogP) is 11.5. The number of fused-ring (bicyclic) bond motifs is 3. The Bertz CT molecular complexity index is 2230. The largest absolute Gasteiger partial charge is 0.492 e. The number of aliphatic hydroxyl groups excluding tert-OH is 2. The molecule has 3 aliphatic heterocycles. The molecule has 8 rings (SSSR count). The van der Waals surface area contributed by atoms with E-state index < -0.39 is 23.8 Å². The third kappa shape index (κ3) is 13.7. The van der Waals surface area contributed by atoms with Crippen LogP contribution >= 0.6 is 0 Å². The number of hydrogen-bond acceptors (Lipinski definition) is 12. The second-order valence-electron chi connectivity index (χ2n) is 20.3. The molecule has 1 saturated heterocycles. The van der Waals surface area contributed by atoms with E-state index in [1.165, 1.54) is 44.9 Å². The Kier molecular flexibility index (Phi) is 20.2. The highest BCUT2D eigenvalue weighted by molar-refractivity contribution is 6.03. The van der Waals surface area contributed by atoms with Gasteiger partial charge >= 0.3 is 6.09 Å². The first-order valence-electron chi connectivity index (χ1n) is 27.4. The van der Waals surface area contributed by atoms with Gasteiger partial charge in [0, 0.05) is 57.3 Å². The Balaban J connectivity index is 1.21. The zero-order valence-electron chi connectivity index (χ0n) is 42.9. The third-order valence-electron chi connectivity index (χ3n) is 15.2. The number of aliphatic hydroxyl groups is 2. The first-order chi connectivity index (χ1) is 35.5. The van der Waals surface area contributed by atoms with Crippen LogP contribution in [0.15, 0.2) is 96.2 Å². The molecular weight excluding hydrogens is 911 g/mol. The molecule has 6 atom stereocenters. The number of rotatable bonds is 32. The Morgan fingerprint density at radius 2 is 1.57 bits per heavy atom. The van der Waals surface area contributed by atoms with Gasteiger partial charge in [-0.2, -0.15) is 0 Å². The standard InChI is InChI=1S/C59H81N3O10/c1-3-5-6-7-8-9-10-11-12-20-35-67-58(65)62(41-45-25-27-53-54(37-45)69-43-68-53)55-40-51(60-71-42-44-21-14-13-15-22-44)49-38-46(23-16-18-32-63)48(24-17-19-33-64)56-50-39-47(66-36-31-61-29-30-61)26-28-52(50)72-59(55,57(49)56)70-34-4-2/h4,13-15,21-22,25-28,37-39,46,48,55-57,63-64H,2-3,5-12,16-20,23-24,29-36,40-43H2,1H3. The molecule has 3 aromatic rings. The highest BCUT2D eigenvalue weighted by atomic mass is 16.7. The van der Waals surface area contributed by atoms with Gasteiger partial charge in [-0.05, 0) is 91.0 Å². The number of oxime groups is 1. The zero-order chi connectivity index (χ0) is 50.0. The molecule has 1 amide bonds. The molecule has 0 bridgehead atoms. The van der Waals surface area contributed by atoms with Crippen molar-refractivity contribution in [2.45, 2.75) is 147 Å². The number of nitrogens with zero attached hydrogens (tertiary/aromatic N) is 3. The summed E-state index contributed by atoms with van der Waals surface area (Å²) < 4.78 is 39.2. The number of ether oxygens (including phenoxy) is 6. The van der Waals surface area contributed by atoms with Crippen molar-refractivity contribution in [2.24, 2.45) is 22.9 Å². The molecule has 392 valence electrons. The summed E-state index contributed by atoms with van der Waals surface area (Å²) in [4.78, 5) is 25.7. The average molecular weight is 992 g/mol. The van der Waals surface area contributed by atoms with Crippen molar-refractivity contribution in [2.75, 3.05) is 59.5 Å². The first-order valence-corrected chi connectivity index (χ1v) is 27.4. The lowest BCUT2D eigenvalue weighted by molar-refractivity contribution is -0.256. The average Bonchev–Trinajstić information content (AvgIpc) is 4.11. The van der Waals surface area contributed by atoms with Gasteiger partial charge in [-0.25, -0.2) is 4.79 Å². The van der Waals surface area contributed by atoms with E-state index in [2.05, 4.69) is 30.5 Å². The smallest absolute Gasteiger partial charge is 0.410 e. The lowest BCUT2D eigenvalue weighted by atomic mass is 9.55. The van der Waals surface area contributed by atoms with Gasteiger partial charge in [0.15, 0.2) is 11.5 Å². The normalized spacial score (nSPS) is 23.1. The molecule has 13 heteroatoms. The fourth-order valence-corrected chi connectivity index (χ4v) is 11.5. The van der Waals surface area contributed by atoms with Crippen LogP contribution in [0.1, 0.15) is 139 Å². The minimum atomic E-state index is -1.45. The topological polar surface area (TPSA) is 141 Å². The van der Waals surface area contributed by atoms with Gasteiger partial charge in [0.05, 0.1) is 24.8 Å². The molecule has 5 aliphatic rings. The van der Waals surface area contributed by atoms with Crippen molar-refractivity contribution in [3.8, 4) is 23.0 Å². The molecule has 2 N–H and O–H groups in total.